The molecule has 1 aromatic heterocycles. The number of carbonyl (C=O) groups excluding carboxylic acids is 1. The smallest absolute Gasteiger partial charge is 0.270 e. The van der Waals surface area contributed by atoms with Crippen LogP contribution < -0.4 is 10.6 Å². The SMILES string of the molecule is Cc1cccc(Nc2nccc(C(=O)NC3CCCCC3)n2)c1. The first kappa shape index (κ1) is 15.5. The van der Waals surface area contributed by atoms with E-state index in [0.717, 1.165) is 24.1 Å². The maximum absolute atomic E-state index is 12.3. The molecule has 1 aliphatic rings. The molecule has 3 rings (SSSR count). The first-order valence-electron chi connectivity index (χ1n) is 8.18. The Hall–Kier alpha value is -2.43. The largest absolute Gasteiger partial charge is 0.348 e. The fourth-order valence-corrected chi connectivity index (χ4v) is 2.90. The van der Waals surface area contributed by atoms with Crippen LogP contribution >= 0.6 is 0 Å². The molecule has 1 aromatic carbocycles. The van der Waals surface area contributed by atoms with E-state index in [1.54, 1.807) is 12.3 Å². The van der Waals surface area contributed by atoms with E-state index in [2.05, 4.69) is 20.6 Å². The van der Waals surface area contributed by atoms with Gasteiger partial charge in [0.15, 0.2) is 0 Å². The Morgan fingerprint density at radius 2 is 2.00 bits per heavy atom. The van der Waals surface area contributed by atoms with Crippen molar-refractivity contribution < 1.29 is 4.79 Å². The Bertz CT molecular complexity index is 680. The Labute approximate surface area is 136 Å². The Morgan fingerprint density at radius 3 is 2.78 bits per heavy atom. The van der Waals surface area contributed by atoms with Gasteiger partial charge in [-0.15, -0.1) is 0 Å². The Morgan fingerprint density at radius 1 is 1.17 bits per heavy atom. The molecule has 120 valence electrons. The minimum absolute atomic E-state index is 0.119. The molecule has 1 saturated carbocycles. The monoisotopic (exact) mass is 310 g/mol. The van der Waals surface area contributed by atoms with Gasteiger partial charge in [-0.2, -0.15) is 0 Å². The normalized spacial score (nSPS) is 15.2. The molecule has 2 N–H and O–H groups in total. The zero-order valence-corrected chi connectivity index (χ0v) is 13.4. The van der Waals surface area contributed by atoms with Gasteiger partial charge in [0.25, 0.3) is 5.91 Å². The van der Waals surface area contributed by atoms with Gasteiger partial charge >= 0.3 is 0 Å². The van der Waals surface area contributed by atoms with Crippen molar-refractivity contribution in [3.05, 3.63) is 47.8 Å². The molecule has 1 aliphatic carbocycles. The summed E-state index contributed by atoms with van der Waals surface area (Å²) in [7, 11) is 0. The van der Waals surface area contributed by atoms with Crippen LogP contribution in [0.3, 0.4) is 0 Å². The Kier molecular flexibility index (Phi) is 4.86. The summed E-state index contributed by atoms with van der Waals surface area (Å²) in [5.41, 5.74) is 2.47. The first-order valence-corrected chi connectivity index (χ1v) is 8.18. The van der Waals surface area contributed by atoms with Crippen LogP contribution in [0.15, 0.2) is 36.5 Å². The summed E-state index contributed by atoms with van der Waals surface area (Å²) in [6.45, 7) is 2.03. The van der Waals surface area contributed by atoms with E-state index in [4.69, 9.17) is 0 Å². The molecule has 0 spiro atoms. The number of anilines is 2. The van der Waals surface area contributed by atoms with Gasteiger partial charge in [-0.05, 0) is 43.5 Å². The highest BCUT2D eigenvalue weighted by Gasteiger charge is 2.17. The zero-order chi connectivity index (χ0) is 16.1. The summed E-state index contributed by atoms with van der Waals surface area (Å²) in [6, 6.07) is 9.89. The van der Waals surface area contributed by atoms with Crippen molar-refractivity contribution in [2.75, 3.05) is 5.32 Å². The topological polar surface area (TPSA) is 66.9 Å². The minimum Gasteiger partial charge on any atom is -0.348 e. The van der Waals surface area contributed by atoms with E-state index in [-0.39, 0.29) is 11.9 Å². The molecule has 23 heavy (non-hydrogen) atoms. The second-order valence-electron chi connectivity index (χ2n) is 6.07. The molecule has 0 radical (unpaired) electrons. The van der Waals surface area contributed by atoms with Crippen molar-refractivity contribution in [2.45, 2.75) is 45.1 Å². The number of aryl methyl sites for hydroxylation is 1. The summed E-state index contributed by atoms with van der Waals surface area (Å²) >= 11 is 0. The van der Waals surface area contributed by atoms with Crippen LogP contribution in [0.25, 0.3) is 0 Å². The Balaban J connectivity index is 1.67. The highest BCUT2D eigenvalue weighted by molar-refractivity contribution is 5.92. The molecule has 1 amide bonds. The van der Waals surface area contributed by atoms with E-state index in [0.29, 0.717) is 11.6 Å². The number of benzene rings is 1. The summed E-state index contributed by atoms with van der Waals surface area (Å²) in [5, 5.41) is 6.22. The highest BCUT2D eigenvalue weighted by Crippen LogP contribution is 2.18. The lowest BCUT2D eigenvalue weighted by atomic mass is 9.95. The molecule has 0 atom stereocenters. The lowest BCUT2D eigenvalue weighted by Crippen LogP contribution is -2.36. The van der Waals surface area contributed by atoms with E-state index in [1.165, 1.54) is 19.3 Å². The molecule has 1 heterocycles. The number of aromatic nitrogens is 2. The van der Waals surface area contributed by atoms with Crippen LogP contribution in [0.2, 0.25) is 0 Å². The van der Waals surface area contributed by atoms with E-state index in [9.17, 15) is 4.79 Å². The van der Waals surface area contributed by atoms with Crippen molar-refractivity contribution in [1.29, 1.82) is 0 Å². The zero-order valence-electron chi connectivity index (χ0n) is 13.4. The summed E-state index contributed by atoms with van der Waals surface area (Å²) in [5.74, 6) is 0.318. The van der Waals surface area contributed by atoms with Crippen molar-refractivity contribution in [3.8, 4) is 0 Å². The maximum atomic E-state index is 12.3. The van der Waals surface area contributed by atoms with Crippen molar-refractivity contribution >= 4 is 17.5 Å². The number of rotatable bonds is 4. The summed E-state index contributed by atoms with van der Waals surface area (Å²) < 4.78 is 0. The van der Waals surface area contributed by atoms with Crippen LogP contribution in [-0.2, 0) is 0 Å². The van der Waals surface area contributed by atoms with Crippen molar-refractivity contribution in [1.82, 2.24) is 15.3 Å². The lowest BCUT2D eigenvalue weighted by Gasteiger charge is -2.22. The quantitative estimate of drug-likeness (QED) is 0.905. The van der Waals surface area contributed by atoms with Gasteiger partial charge in [0, 0.05) is 17.9 Å². The van der Waals surface area contributed by atoms with Crippen LogP contribution in [0.4, 0.5) is 11.6 Å². The third-order valence-electron chi connectivity index (χ3n) is 4.10. The van der Waals surface area contributed by atoms with Crippen LogP contribution in [0.5, 0.6) is 0 Å². The van der Waals surface area contributed by atoms with Gasteiger partial charge < -0.3 is 10.6 Å². The standard InChI is InChI=1S/C18H22N4O/c1-13-6-5-9-15(12-13)21-18-19-11-10-16(22-18)17(23)20-14-7-3-2-4-8-14/h5-6,9-12,14H,2-4,7-8H2,1H3,(H,20,23)(H,19,21,22). The fourth-order valence-electron chi connectivity index (χ4n) is 2.90. The third kappa shape index (κ3) is 4.28. The molecule has 1 fully saturated rings. The average Bonchev–Trinajstić information content (AvgIpc) is 2.56. The summed E-state index contributed by atoms with van der Waals surface area (Å²) in [4.78, 5) is 20.9. The minimum atomic E-state index is -0.119. The molecule has 0 unspecified atom stereocenters. The van der Waals surface area contributed by atoms with Crippen molar-refractivity contribution in [2.24, 2.45) is 0 Å². The molecular formula is C18H22N4O. The molecular weight excluding hydrogens is 288 g/mol. The van der Waals surface area contributed by atoms with Gasteiger partial charge in [-0.25, -0.2) is 9.97 Å². The molecule has 2 aromatic rings. The second-order valence-corrected chi connectivity index (χ2v) is 6.07. The molecule has 0 bridgehead atoms. The molecule has 0 saturated heterocycles. The summed E-state index contributed by atoms with van der Waals surface area (Å²) in [6.07, 6.45) is 7.38. The average molecular weight is 310 g/mol. The van der Waals surface area contributed by atoms with Gasteiger partial charge in [-0.1, -0.05) is 31.4 Å². The number of hydrogen-bond donors (Lipinski definition) is 2. The number of carbonyl (C=O) groups is 1. The van der Waals surface area contributed by atoms with Crippen LogP contribution in [0, 0.1) is 6.92 Å². The van der Waals surface area contributed by atoms with Crippen molar-refractivity contribution in [3.63, 3.8) is 0 Å². The van der Waals surface area contributed by atoms with Crippen LogP contribution in [0.1, 0.15) is 48.2 Å². The molecule has 5 heteroatoms. The second kappa shape index (κ2) is 7.22. The maximum Gasteiger partial charge on any atom is 0.270 e. The number of nitrogens with one attached hydrogen (secondary N) is 2. The van der Waals surface area contributed by atoms with Gasteiger partial charge in [0.1, 0.15) is 5.69 Å². The molecule has 0 aliphatic heterocycles. The lowest BCUT2D eigenvalue weighted by molar-refractivity contribution is 0.0922. The van der Waals surface area contributed by atoms with Gasteiger partial charge in [0.05, 0.1) is 0 Å². The number of amides is 1. The predicted molar refractivity (Wildman–Crippen MR) is 90.8 cm³/mol. The number of hydrogen-bond acceptors (Lipinski definition) is 4. The van der Waals surface area contributed by atoms with Crippen LogP contribution in [-0.4, -0.2) is 21.9 Å². The third-order valence-corrected chi connectivity index (χ3v) is 4.10. The van der Waals surface area contributed by atoms with Gasteiger partial charge in [0.2, 0.25) is 5.95 Å². The van der Waals surface area contributed by atoms with Gasteiger partial charge in [-0.3, -0.25) is 4.79 Å². The fraction of sp³-hybridized carbons (Fsp3) is 0.389. The van der Waals surface area contributed by atoms with E-state index >= 15 is 0 Å². The van der Waals surface area contributed by atoms with E-state index in [1.807, 2.05) is 31.2 Å². The first-order chi connectivity index (χ1) is 11.2. The highest BCUT2D eigenvalue weighted by atomic mass is 16.1. The number of nitrogens with zero attached hydrogens (tertiary/aromatic N) is 2. The van der Waals surface area contributed by atoms with E-state index < -0.39 is 0 Å². The predicted octanol–water partition coefficient (Wildman–Crippen LogP) is 3.59. The molecule has 5 nitrogen and oxygen atoms in total.